The summed E-state index contributed by atoms with van der Waals surface area (Å²) in [6.07, 6.45) is 7.09. The molecular formula is C11H12N4. The van der Waals surface area contributed by atoms with Gasteiger partial charge in [0.25, 0.3) is 0 Å². The van der Waals surface area contributed by atoms with Crippen LogP contribution in [0.2, 0.25) is 0 Å². The van der Waals surface area contributed by atoms with Crippen molar-refractivity contribution in [2.45, 2.75) is 6.54 Å². The Morgan fingerprint density at radius 1 is 1.13 bits per heavy atom. The summed E-state index contributed by atoms with van der Waals surface area (Å²) in [5, 5.41) is 0. The molecule has 2 aromatic heterocycles. The molecule has 4 heteroatoms. The van der Waals surface area contributed by atoms with Crippen LogP contribution in [0.3, 0.4) is 0 Å². The van der Waals surface area contributed by atoms with Crippen molar-refractivity contribution in [1.82, 2.24) is 15.0 Å². The SMILES string of the molecule is CN(Cc1cccnc1)c1ncccn1. The van der Waals surface area contributed by atoms with Gasteiger partial charge in [-0.2, -0.15) is 0 Å². The number of hydrogen-bond acceptors (Lipinski definition) is 4. The monoisotopic (exact) mass is 200 g/mol. The van der Waals surface area contributed by atoms with E-state index in [4.69, 9.17) is 0 Å². The van der Waals surface area contributed by atoms with Gasteiger partial charge in [-0.1, -0.05) is 6.07 Å². The predicted octanol–water partition coefficient (Wildman–Crippen LogP) is 1.51. The fraction of sp³-hybridized carbons (Fsp3) is 0.182. The second kappa shape index (κ2) is 4.50. The third-order valence-corrected chi connectivity index (χ3v) is 2.04. The number of hydrogen-bond donors (Lipinski definition) is 0. The second-order valence-electron chi connectivity index (χ2n) is 3.27. The van der Waals surface area contributed by atoms with E-state index in [0.29, 0.717) is 0 Å². The van der Waals surface area contributed by atoms with Crippen molar-refractivity contribution in [2.75, 3.05) is 11.9 Å². The van der Waals surface area contributed by atoms with Crippen LogP contribution >= 0.6 is 0 Å². The van der Waals surface area contributed by atoms with Crippen molar-refractivity contribution in [3.8, 4) is 0 Å². The van der Waals surface area contributed by atoms with Crippen LogP contribution in [-0.4, -0.2) is 22.0 Å². The lowest BCUT2D eigenvalue weighted by atomic mass is 10.3. The zero-order valence-corrected chi connectivity index (χ0v) is 8.54. The normalized spacial score (nSPS) is 9.93. The minimum Gasteiger partial charge on any atom is -0.340 e. The Morgan fingerprint density at radius 2 is 1.93 bits per heavy atom. The Morgan fingerprint density at radius 3 is 2.60 bits per heavy atom. The Labute approximate surface area is 88.6 Å². The highest BCUT2D eigenvalue weighted by molar-refractivity contribution is 5.28. The van der Waals surface area contributed by atoms with Gasteiger partial charge in [0.15, 0.2) is 0 Å². The molecule has 76 valence electrons. The van der Waals surface area contributed by atoms with E-state index in [1.807, 2.05) is 30.3 Å². The summed E-state index contributed by atoms with van der Waals surface area (Å²) >= 11 is 0. The zero-order chi connectivity index (χ0) is 10.5. The smallest absolute Gasteiger partial charge is 0.225 e. The first-order valence-corrected chi connectivity index (χ1v) is 4.73. The molecule has 0 saturated carbocycles. The average molecular weight is 200 g/mol. The molecule has 0 aliphatic heterocycles. The number of rotatable bonds is 3. The molecule has 0 atom stereocenters. The molecule has 0 spiro atoms. The molecule has 15 heavy (non-hydrogen) atoms. The van der Waals surface area contributed by atoms with Crippen molar-refractivity contribution in [2.24, 2.45) is 0 Å². The van der Waals surface area contributed by atoms with Crippen LogP contribution in [-0.2, 0) is 6.54 Å². The number of aromatic nitrogens is 3. The summed E-state index contributed by atoms with van der Waals surface area (Å²) in [6, 6.07) is 5.77. The molecule has 0 radical (unpaired) electrons. The second-order valence-corrected chi connectivity index (χ2v) is 3.27. The topological polar surface area (TPSA) is 41.9 Å². The first-order valence-electron chi connectivity index (χ1n) is 4.73. The minimum atomic E-state index is 0.723. The largest absolute Gasteiger partial charge is 0.340 e. The van der Waals surface area contributed by atoms with Gasteiger partial charge in [-0.25, -0.2) is 9.97 Å². The van der Waals surface area contributed by atoms with E-state index in [-0.39, 0.29) is 0 Å². The van der Waals surface area contributed by atoms with Crippen LogP contribution in [0.5, 0.6) is 0 Å². The quantitative estimate of drug-likeness (QED) is 0.753. The van der Waals surface area contributed by atoms with E-state index in [1.165, 1.54) is 0 Å². The van der Waals surface area contributed by atoms with Crippen molar-refractivity contribution < 1.29 is 0 Å². The third kappa shape index (κ3) is 2.49. The summed E-state index contributed by atoms with van der Waals surface area (Å²) in [5.41, 5.74) is 1.15. The first-order chi connectivity index (χ1) is 7.36. The molecule has 0 unspecified atom stereocenters. The standard InChI is InChI=1S/C11H12N4/c1-15(11-13-6-3-7-14-11)9-10-4-2-5-12-8-10/h2-8H,9H2,1H3. The minimum absolute atomic E-state index is 0.723. The van der Waals surface area contributed by atoms with E-state index in [2.05, 4.69) is 15.0 Å². The maximum absolute atomic E-state index is 4.17. The van der Waals surface area contributed by atoms with Gasteiger partial charge >= 0.3 is 0 Å². The Bertz CT molecular complexity index is 401. The molecule has 2 rings (SSSR count). The van der Waals surface area contributed by atoms with E-state index in [0.717, 1.165) is 18.1 Å². The first kappa shape index (κ1) is 9.58. The summed E-state index contributed by atoms with van der Waals surface area (Å²) in [5.74, 6) is 0.723. The molecule has 0 bridgehead atoms. The highest BCUT2D eigenvalue weighted by atomic mass is 15.2. The summed E-state index contributed by atoms with van der Waals surface area (Å²) in [4.78, 5) is 14.4. The van der Waals surface area contributed by atoms with Gasteiger partial charge in [0.05, 0.1) is 0 Å². The van der Waals surface area contributed by atoms with Crippen LogP contribution in [0.25, 0.3) is 0 Å². The maximum Gasteiger partial charge on any atom is 0.225 e. The van der Waals surface area contributed by atoms with Gasteiger partial charge in [-0.15, -0.1) is 0 Å². The molecule has 0 fully saturated rings. The van der Waals surface area contributed by atoms with Gasteiger partial charge in [-0.3, -0.25) is 4.98 Å². The van der Waals surface area contributed by atoms with Gasteiger partial charge in [0.1, 0.15) is 0 Å². The molecule has 0 aliphatic rings. The van der Waals surface area contributed by atoms with Gasteiger partial charge in [0.2, 0.25) is 5.95 Å². The van der Waals surface area contributed by atoms with Crippen LogP contribution in [0.1, 0.15) is 5.56 Å². The third-order valence-electron chi connectivity index (χ3n) is 2.04. The van der Waals surface area contributed by atoms with Gasteiger partial charge in [0, 0.05) is 38.4 Å². The summed E-state index contributed by atoms with van der Waals surface area (Å²) in [6.45, 7) is 0.762. The number of nitrogens with zero attached hydrogens (tertiary/aromatic N) is 4. The molecule has 0 saturated heterocycles. The highest BCUT2D eigenvalue weighted by Crippen LogP contribution is 2.07. The molecule has 0 aliphatic carbocycles. The van der Waals surface area contributed by atoms with Gasteiger partial charge in [-0.05, 0) is 17.7 Å². The lowest BCUT2D eigenvalue weighted by Crippen LogP contribution is -2.18. The van der Waals surface area contributed by atoms with Crippen molar-refractivity contribution in [3.63, 3.8) is 0 Å². The summed E-state index contributed by atoms with van der Waals surface area (Å²) < 4.78 is 0. The molecular weight excluding hydrogens is 188 g/mol. The molecule has 0 amide bonds. The summed E-state index contributed by atoms with van der Waals surface area (Å²) in [7, 11) is 1.96. The van der Waals surface area contributed by atoms with Crippen LogP contribution in [0.15, 0.2) is 43.0 Å². The van der Waals surface area contributed by atoms with Crippen LogP contribution < -0.4 is 4.90 Å². The Hall–Kier alpha value is -1.97. The van der Waals surface area contributed by atoms with Crippen molar-refractivity contribution >= 4 is 5.95 Å². The molecule has 0 aromatic carbocycles. The van der Waals surface area contributed by atoms with Gasteiger partial charge < -0.3 is 4.90 Å². The van der Waals surface area contributed by atoms with Crippen LogP contribution in [0.4, 0.5) is 5.95 Å². The van der Waals surface area contributed by atoms with Crippen molar-refractivity contribution in [3.05, 3.63) is 48.5 Å². The maximum atomic E-state index is 4.17. The fourth-order valence-electron chi connectivity index (χ4n) is 1.32. The van der Waals surface area contributed by atoms with Crippen LogP contribution in [0, 0.1) is 0 Å². The molecule has 2 heterocycles. The van der Waals surface area contributed by atoms with E-state index in [1.54, 1.807) is 24.7 Å². The molecule has 0 N–H and O–H groups in total. The predicted molar refractivity (Wildman–Crippen MR) is 58.4 cm³/mol. The number of anilines is 1. The average Bonchev–Trinajstić information content (AvgIpc) is 2.31. The van der Waals surface area contributed by atoms with E-state index in [9.17, 15) is 0 Å². The van der Waals surface area contributed by atoms with Crippen molar-refractivity contribution in [1.29, 1.82) is 0 Å². The van der Waals surface area contributed by atoms with E-state index < -0.39 is 0 Å². The van der Waals surface area contributed by atoms with E-state index >= 15 is 0 Å². The fourth-order valence-corrected chi connectivity index (χ4v) is 1.32. The zero-order valence-electron chi connectivity index (χ0n) is 8.54. The Kier molecular flexibility index (Phi) is 2.88. The lowest BCUT2D eigenvalue weighted by molar-refractivity contribution is 0.862. The highest BCUT2D eigenvalue weighted by Gasteiger charge is 2.03. The Balaban J connectivity index is 2.08. The lowest BCUT2D eigenvalue weighted by Gasteiger charge is -2.15. The number of pyridine rings is 1. The molecule has 2 aromatic rings. The molecule has 4 nitrogen and oxygen atoms in total.